The van der Waals surface area contributed by atoms with E-state index >= 15 is 0 Å². The number of ether oxygens (including phenoxy) is 1. The van der Waals surface area contributed by atoms with Gasteiger partial charge >= 0.3 is 0 Å². The molecule has 0 fully saturated rings. The van der Waals surface area contributed by atoms with E-state index in [0.29, 0.717) is 5.56 Å². The lowest BCUT2D eigenvalue weighted by Crippen LogP contribution is -2.36. The zero-order valence-electron chi connectivity index (χ0n) is 13.8. The van der Waals surface area contributed by atoms with Gasteiger partial charge < -0.3 is 15.4 Å². The molecule has 0 heterocycles. The zero-order valence-corrected chi connectivity index (χ0v) is 13.8. The standard InChI is InChI=1S/C18H18F2N2O3/c1-11(25-14-6-7-15(19)16(20)9-14)17(23)22-10-12-4-3-5-13(8-12)18(24)21-2/h3-9,11H,10H2,1-2H3,(H,21,24)(H,22,23)/t11-/m0/s1. The minimum absolute atomic E-state index is 0.0585. The molecular weight excluding hydrogens is 330 g/mol. The highest BCUT2D eigenvalue weighted by Gasteiger charge is 2.15. The van der Waals surface area contributed by atoms with Crippen molar-refractivity contribution in [2.24, 2.45) is 0 Å². The second-order valence-electron chi connectivity index (χ2n) is 5.33. The van der Waals surface area contributed by atoms with Crippen molar-refractivity contribution in [3.63, 3.8) is 0 Å². The molecule has 0 aliphatic rings. The average Bonchev–Trinajstić information content (AvgIpc) is 2.62. The van der Waals surface area contributed by atoms with Gasteiger partial charge in [0.05, 0.1) is 0 Å². The summed E-state index contributed by atoms with van der Waals surface area (Å²) in [6, 6.07) is 9.88. The van der Waals surface area contributed by atoms with Gasteiger partial charge in [-0.2, -0.15) is 0 Å². The Bertz CT molecular complexity index is 781. The zero-order chi connectivity index (χ0) is 18.4. The summed E-state index contributed by atoms with van der Waals surface area (Å²) in [6.07, 6.45) is -0.896. The molecule has 0 bridgehead atoms. The van der Waals surface area contributed by atoms with Crippen LogP contribution in [0.25, 0.3) is 0 Å². The third kappa shape index (κ3) is 5.00. The van der Waals surface area contributed by atoms with Crippen molar-refractivity contribution in [2.45, 2.75) is 19.6 Å². The Labute approximate surface area is 144 Å². The van der Waals surface area contributed by atoms with Crippen LogP contribution in [0.3, 0.4) is 0 Å². The molecule has 2 amide bonds. The highest BCUT2D eigenvalue weighted by Crippen LogP contribution is 2.16. The molecule has 2 aromatic carbocycles. The smallest absolute Gasteiger partial charge is 0.261 e. The summed E-state index contributed by atoms with van der Waals surface area (Å²) >= 11 is 0. The number of hydrogen-bond donors (Lipinski definition) is 2. The van der Waals surface area contributed by atoms with Crippen molar-refractivity contribution in [1.29, 1.82) is 0 Å². The Morgan fingerprint density at radius 1 is 1.12 bits per heavy atom. The first-order valence-electron chi connectivity index (χ1n) is 7.61. The van der Waals surface area contributed by atoms with Gasteiger partial charge in [-0.15, -0.1) is 0 Å². The van der Waals surface area contributed by atoms with Crippen molar-refractivity contribution in [3.8, 4) is 5.75 Å². The lowest BCUT2D eigenvalue weighted by atomic mass is 10.1. The van der Waals surface area contributed by atoms with Crippen molar-refractivity contribution in [3.05, 3.63) is 65.2 Å². The van der Waals surface area contributed by atoms with Gasteiger partial charge in [-0.1, -0.05) is 12.1 Å². The molecule has 2 N–H and O–H groups in total. The minimum atomic E-state index is -1.05. The molecule has 7 heteroatoms. The maximum absolute atomic E-state index is 13.1. The Balaban J connectivity index is 1.93. The van der Waals surface area contributed by atoms with Gasteiger partial charge in [0.2, 0.25) is 0 Å². The minimum Gasteiger partial charge on any atom is -0.481 e. The number of carbonyl (C=O) groups is 2. The van der Waals surface area contributed by atoms with E-state index < -0.39 is 23.6 Å². The molecule has 25 heavy (non-hydrogen) atoms. The fraction of sp³-hybridized carbons (Fsp3) is 0.222. The predicted molar refractivity (Wildman–Crippen MR) is 88.1 cm³/mol. The topological polar surface area (TPSA) is 67.4 Å². The summed E-state index contributed by atoms with van der Waals surface area (Å²) in [5.74, 6) is -2.61. The third-order valence-corrected chi connectivity index (χ3v) is 3.46. The van der Waals surface area contributed by atoms with Gasteiger partial charge in [0, 0.05) is 25.2 Å². The molecule has 0 saturated heterocycles. The monoisotopic (exact) mass is 348 g/mol. The summed E-state index contributed by atoms with van der Waals surface area (Å²) in [4.78, 5) is 23.7. The van der Waals surface area contributed by atoms with Crippen molar-refractivity contribution in [2.75, 3.05) is 7.05 Å². The van der Waals surface area contributed by atoms with Crippen LogP contribution in [0.1, 0.15) is 22.8 Å². The van der Waals surface area contributed by atoms with Gasteiger partial charge in [0.15, 0.2) is 17.7 Å². The number of rotatable bonds is 6. The van der Waals surface area contributed by atoms with E-state index in [9.17, 15) is 18.4 Å². The lowest BCUT2D eigenvalue weighted by molar-refractivity contribution is -0.127. The number of carbonyl (C=O) groups excluding carboxylic acids is 2. The number of hydrogen-bond acceptors (Lipinski definition) is 3. The Kier molecular flexibility index (Phi) is 6.05. The van der Waals surface area contributed by atoms with Gasteiger partial charge in [-0.05, 0) is 36.8 Å². The number of nitrogens with one attached hydrogen (secondary N) is 2. The second kappa shape index (κ2) is 8.23. The molecule has 0 aliphatic carbocycles. The van der Waals surface area contributed by atoms with Crippen LogP contribution in [-0.2, 0) is 11.3 Å². The lowest BCUT2D eigenvalue weighted by Gasteiger charge is -2.15. The van der Waals surface area contributed by atoms with Crippen LogP contribution in [0, 0.1) is 11.6 Å². The molecule has 0 radical (unpaired) electrons. The molecule has 5 nitrogen and oxygen atoms in total. The molecule has 0 aromatic heterocycles. The largest absolute Gasteiger partial charge is 0.481 e. The molecule has 1 atom stereocenters. The molecule has 2 rings (SSSR count). The summed E-state index contributed by atoms with van der Waals surface area (Å²) in [7, 11) is 1.54. The Hall–Kier alpha value is -2.96. The Morgan fingerprint density at radius 2 is 1.88 bits per heavy atom. The van der Waals surface area contributed by atoms with Gasteiger partial charge in [-0.3, -0.25) is 9.59 Å². The molecule has 0 spiro atoms. The molecule has 0 unspecified atom stereocenters. The molecular formula is C18H18F2N2O3. The maximum atomic E-state index is 13.1. The number of benzene rings is 2. The Morgan fingerprint density at radius 3 is 2.56 bits per heavy atom. The summed E-state index contributed by atoms with van der Waals surface area (Å²) < 4.78 is 31.3. The van der Waals surface area contributed by atoms with E-state index in [2.05, 4.69) is 10.6 Å². The van der Waals surface area contributed by atoms with Crippen LogP contribution < -0.4 is 15.4 Å². The van der Waals surface area contributed by atoms with Crippen LogP contribution >= 0.6 is 0 Å². The van der Waals surface area contributed by atoms with E-state index in [-0.39, 0.29) is 18.2 Å². The number of halogens is 2. The van der Waals surface area contributed by atoms with Gasteiger partial charge in [0.25, 0.3) is 11.8 Å². The fourth-order valence-electron chi connectivity index (χ4n) is 2.11. The predicted octanol–water partition coefficient (Wildman–Crippen LogP) is 2.41. The van der Waals surface area contributed by atoms with Crippen molar-refractivity contribution in [1.82, 2.24) is 10.6 Å². The van der Waals surface area contributed by atoms with E-state index in [1.165, 1.54) is 20.0 Å². The first kappa shape index (κ1) is 18.4. The quantitative estimate of drug-likeness (QED) is 0.842. The third-order valence-electron chi connectivity index (χ3n) is 3.46. The molecule has 132 valence electrons. The van der Waals surface area contributed by atoms with E-state index in [0.717, 1.165) is 17.7 Å². The van der Waals surface area contributed by atoms with E-state index in [1.54, 1.807) is 24.3 Å². The van der Waals surface area contributed by atoms with Crippen LogP contribution in [0.15, 0.2) is 42.5 Å². The first-order valence-corrected chi connectivity index (χ1v) is 7.61. The molecule has 2 aromatic rings. The first-order chi connectivity index (χ1) is 11.9. The molecule has 0 saturated carbocycles. The average molecular weight is 348 g/mol. The van der Waals surface area contributed by atoms with Crippen LogP contribution in [0.4, 0.5) is 8.78 Å². The summed E-state index contributed by atoms with van der Waals surface area (Å²) in [6.45, 7) is 1.70. The molecule has 0 aliphatic heterocycles. The van der Waals surface area contributed by atoms with Crippen LogP contribution in [-0.4, -0.2) is 25.0 Å². The van der Waals surface area contributed by atoms with Crippen LogP contribution in [0.2, 0.25) is 0 Å². The van der Waals surface area contributed by atoms with Gasteiger partial charge in [0.1, 0.15) is 5.75 Å². The highest BCUT2D eigenvalue weighted by atomic mass is 19.2. The SMILES string of the molecule is CNC(=O)c1cccc(CNC(=O)[C@H](C)Oc2ccc(F)c(F)c2)c1. The van der Waals surface area contributed by atoms with Crippen molar-refractivity contribution >= 4 is 11.8 Å². The summed E-state index contributed by atoms with van der Waals surface area (Å²) in [5.41, 5.74) is 1.23. The van der Waals surface area contributed by atoms with Crippen molar-refractivity contribution < 1.29 is 23.1 Å². The maximum Gasteiger partial charge on any atom is 0.261 e. The number of amides is 2. The van der Waals surface area contributed by atoms with Crippen LogP contribution in [0.5, 0.6) is 5.75 Å². The van der Waals surface area contributed by atoms with E-state index in [1.807, 2.05) is 0 Å². The fourth-order valence-corrected chi connectivity index (χ4v) is 2.11. The second-order valence-corrected chi connectivity index (χ2v) is 5.33. The highest BCUT2D eigenvalue weighted by molar-refractivity contribution is 5.94. The normalized spacial score (nSPS) is 11.5. The van der Waals surface area contributed by atoms with Gasteiger partial charge in [-0.25, -0.2) is 8.78 Å². The summed E-state index contributed by atoms with van der Waals surface area (Å²) in [5, 5.41) is 5.19. The van der Waals surface area contributed by atoms with E-state index in [4.69, 9.17) is 4.74 Å².